The van der Waals surface area contributed by atoms with Crippen molar-refractivity contribution in [3.63, 3.8) is 0 Å². The third-order valence-electron chi connectivity index (χ3n) is 1.55. The summed E-state index contributed by atoms with van der Waals surface area (Å²) in [6, 6.07) is 0. The molecule has 0 atom stereocenters. The molecule has 0 aliphatic carbocycles. The smallest absolute Gasteiger partial charge is 0.254 e. The van der Waals surface area contributed by atoms with Crippen LogP contribution >= 0.6 is 11.6 Å². The molecular weight excluding hydrogens is 202 g/mol. The first-order valence-corrected chi connectivity index (χ1v) is 4.73. The van der Waals surface area contributed by atoms with Gasteiger partial charge >= 0.3 is 0 Å². The molecule has 1 rings (SSSR count). The Bertz CT molecular complexity index is 310. The van der Waals surface area contributed by atoms with E-state index in [1.54, 1.807) is 0 Å². The number of hydrogen-bond acceptors (Lipinski definition) is 3. The molecule has 4 nitrogen and oxygen atoms in total. The highest BCUT2D eigenvalue weighted by atomic mass is 35.5. The van der Waals surface area contributed by atoms with Crippen LogP contribution in [0.25, 0.3) is 0 Å². The number of rotatable bonds is 3. The number of nitrogens with zero attached hydrogens (tertiary/aromatic N) is 2. The van der Waals surface area contributed by atoms with Crippen LogP contribution in [-0.4, -0.2) is 22.4 Å². The largest absolute Gasteiger partial charge is 0.352 e. The van der Waals surface area contributed by atoms with Crippen LogP contribution in [0.1, 0.15) is 24.2 Å². The first-order valence-electron chi connectivity index (χ1n) is 4.35. The topological polar surface area (TPSA) is 54.9 Å². The number of carbonyl (C=O) groups excluding carboxylic acids is 1. The van der Waals surface area contributed by atoms with Crippen molar-refractivity contribution in [1.29, 1.82) is 0 Å². The lowest BCUT2D eigenvalue weighted by atomic mass is 10.2. The highest BCUT2D eigenvalue weighted by molar-refractivity contribution is 6.28. The second-order valence-electron chi connectivity index (χ2n) is 3.34. The number of halogens is 1. The summed E-state index contributed by atoms with van der Waals surface area (Å²) in [5.41, 5.74) is 0.426. The van der Waals surface area contributed by atoms with E-state index in [9.17, 15) is 4.79 Å². The number of amides is 1. The summed E-state index contributed by atoms with van der Waals surface area (Å²) < 4.78 is 0. The molecule has 0 aromatic carbocycles. The van der Waals surface area contributed by atoms with Crippen molar-refractivity contribution in [3.05, 3.63) is 23.2 Å². The first kappa shape index (κ1) is 10.9. The monoisotopic (exact) mass is 213 g/mol. The average molecular weight is 214 g/mol. The van der Waals surface area contributed by atoms with Crippen molar-refractivity contribution in [2.24, 2.45) is 5.92 Å². The third kappa shape index (κ3) is 3.30. The Labute approximate surface area is 87.7 Å². The van der Waals surface area contributed by atoms with Gasteiger partial charge in [-0.3, -0.25) is 4.79 Å². The van der Waals surface area contributed by atoms with E-state index in [-0.39, 0.29) is 11.2 Å². The fraction of sp³-hybridized carbons (Fsp3) is 0.444. The molecule has 0 bridgehead atoms. The molecule has 1 heterocycles. The molecule has 14 heavy (non-hydrogen) atoms. The fourth-order valence-electron chi connectivity index (χ4n) is 0.828. The Morgan fingerprint density at radius 2 is 2.07 bits per heavy atom. The Kier molecular flexibility index (Phi) is 3.83. The summed E-state index contributed by atoms with van der Waals surface area (Å²) >= 11 is 5.49. The molecule has 0 aliphatic heterocycles. The molecule has 76 valence electrons. The molecule has 1 aromatic rings. The summed E-state index contributed by atoms with van der Waals surface area (Å²) in [5, 5.41) is 2.90. The lowest BCUT2D eigenvalue weighted by Crippen LogP contribution is -2.27. The minimum absolute atomic E-state index is 0.144. The van der Waals surface area contributed by atoms with Crippen LogP contribution in [0.4, 0.5) is 0 Å². The minimum Gasteiger partial charge on any atom is -0.352 e. The van der Waals surface area contributed by atoms with Crippen LogP contribution in [0.15, 0.2) is 12.4 Å². The lowest BCUT2D eigenvalue weighted by molar-refractivity contribution is 0.0948. The van der Waals surface area contributed by atoms with Gasteiger partial charge in [0.05, 0.1) is 5.56 Å². The normalized spacial score (nSPS) is 10.3. The standard InChI is InChI=1S/C9H12ClN3O/c1-6(2)3-11-8(14)7-4-12-9(10)13-5-7/h4-6H,3H2,1-2H3,(H,11,14). The molecular formula is C9H12ClN3O. The number of aromatic nitrogens is 2. The zero-order valence-corrected chi connectivity index (χ0v) is 8.88. The van der Waals surface area contributed by atoms with Crippen LogP contribution in [0.2, 0.25) is 5.28 Å². The van der Waals surface area contributed by atoms with E-state index < -0.39 is 0 Å². The predicted octanol–water partition coefficient (Wildman–Crippen LogP) is 1.52. The maximum absolute atomic E-state index is 11.4. The highest BCUT2D eigenvalue weighted by Gasteiger charge is 2.06. The van der Waals surface area contributed by atoms with Gasteiger partial charge in [0, 0.05) is 18.9 Å². The first-order chi connectivity index (χ1) is 6.59. The lowest BCUT2D eigenvalue weighted by Gasteiger charge is -2.06. The highest BCUT2D eigenvalue weighted by Crippen LogP contribution is 2.00. The van der Waals surface area contributed by atoms with Gasteiger partial charge in [0.1, 0.15) is 0 Å². The van der Waals surface area contributed by atoms with Crippen LogP contribution in [0.5, 0.6) is 0 Å². The van der Waals surface area contributed by atoms with Crippen LogP contribution in [-0.2, 0) is 0 Å². The van der Waals surface area contributed by atoms with E-state index >= 15 is 0 Å². The van der Waals surface area contributed by atoms with Crippen LogP contribution in [0.3, 0.4) is 0 Å². The minimum atomic E-state index is -0.171. The molecule has 0 aliphatic rings. The Balaban J connectivity index is 2.57. The molecule has 0 saturated heterocycles. The maximum Gasteiger partial charge on any atom is 0.254 e. The number of hydrogen-bond donors (Lipinski definition) is 1. The Hall–Kier alpha value is -1.16. The van der Waals surface area contributed by atoms with E-state index in [0.29, 0.717) is 18.0 Å². The molecule has 5 heteroatoms. The van der Waals surface area contributed by atoms with E-state index in [4.69, 9.17) is 11.6 Å². The van der Waals surface area contributed by atoms with Crippen molar-refractivity contribution in [3.8, 4) is 0 Å². The molecule has 0 radical (unpaired) electrons. The summed E-state index contributed by atoms with van der Waals surface area (Å²) in [7, 11) is 0. The molecule has 0 spiro atoms. The predicted molar refractivity (Wildman–Crippen MR) is 54.2 cm³/mol. The van der Waals surface area contributed by atoms with Crippen molar-refractivity contribution in [2.45, 2.75) is 13.8 Å². The maximum atomic E-state index is 11.4. The summed E-state index contributed by atoms with van der Waals surface area (Å²) in [6.45, 7) is 4.69. The summed E-state index contributed by atoms with van der Waals surface area (Å²) in [4.78, 5) is 18.9. The van der Waals surface area contributed by atoms with Gasteiger partial charge in [0.2, 0.25) is 5.28 Å². The molecule has 1 amide bonds. The third-order valence-corrected chi connectivity index (χ3v) is 1.75. The van der Waals surface area contributed by atoms with Crippen LogP contribution < -0.4 is 5.32 Å². The SMILES string of the molecule is CC(C)CNC(=O)c1cnc(Cl)nc1. The second-order valence-corrected chi connectivity index (χ2v) is 3.68. The summed E-state index contributed by atoms with van der Waals surface area (Å²) in [6.07, 6.45) is 2.82. The van der Waals surface area contributed by atoms with E-state index in [2.05, 4.69) is 15.3 Å². The van der Waals surface area contributed by atoms with Gasteiger partial charge in [-0.25, -0.2) is 9.97 Å². The van der Waals surface area contributed by atoms with Gasteiger partial charge in [-0.1, -0.05) is 13.8 Å². The van der Waals surface area contributed by atoms with Gasteiger partial charge < -0.3 is 5.32 Å². The molecule has 1 N–H and O–H groups in total. The van der Waals surface area contributed by atoms with Gasteiger partial charge in [0.15, 0.2) is 0 Å². The number of nitrogens with one attached hydrogen (secondary N) is 1. The van der Waals surface area contributed by atoms with Crippen molar-refractivity contribution < 1.29 is 4.79 Å². The van der Waals surface area contributed by atoms with E-state index in [1.165, 1.54) is 12.4 Å². The summed E-state index contributed by atoms with van der Waals surface area (Å²) in [5.74, 6) is 0.252. The van der Waals surface area contributed by atoms with Crippen molar-refractivity contribution in [1.82, 2.24) is 15.3 Å². The Morgan fingerprint density at radius 1 is 1.50 bits per heavy atom. The van der Waals surface area contributed by atoms with Crippen molar-refractivity contribution in [2.75, 3.05) is 6.54 Å². The zero-order chi connectivity index (χ0) is 10.6. The van der Waals surface area contributed by atoms with E-state index in [0.717, 1.165) is 0 Å². The van der Waals surface area contributed by atoms with Crippen LogP contribution in [0, 0.1) is 5.92 Å². The number of carbonyl (C=O) groups is 1. The molecule has 0 saturated carbocycles. The average Bonchev–Trinajstić information content (AvgIpc) is 2.15. The molecule has 1 aromatic heterocycles. The second kappa shape index (κ2) is 4.91. The fourth-order valence-corrected chi connectivity index (χ4v) is 0.926. The molecule has 0 fully saturated rings. The van der Waals surface area contributed by atoms with E-state index in [1.807, 2.05) is 13.8 Å². The zero-order valence-electron chi connectivity index (χ0n) is 8.12. The quantitative estimate of drug-likeness (QED) is 0.775. The van der Waals surface area contributed by atoms with Gasteiger partial charge in [-0.15, -0.1) is 0 Å². The molecule has 0 unspecified atom stereocenters. The Morgan fingerprint density at radius 3 is 2.57 bits per heavy atom. The van der Waals surface area contributed by atoms with Gasteiger partial charge in [-0.2, -0.15) is 0 Å². The van der Waals surface area contributed by atoms with Gasteiger partial charge in [0.25, 0.3) is 5.91 Å². The van der Waals surface area contributed by atoms with Gasteiger partial charge in [-0.05, 0) is 17.5 Å². The van der Waals surface area contributed by atoms with Crippen molar-refractivity contribution >= 4 is 17.5 Å².